The van der Waals surface area contributed by atoms with Crippen molar-refractivity contribution < 1.29 is 4.79 Å². The topological polar surface area (TPSA) is 73.8 Å². The first kappa shape index (κ1) is 7.46. The Bertz CT molecular complexity index is 301. The van der Waals surface area contributed by atoms with Gasteiger partial charge in [0, 0.05) is 5.57 Å². The molecule has 0 radical (unpaired) electrons. The Labute approximate surface area is 63.5 Å². The van der Waals surface area contributed by atoms with Crippen LogP contribution >= 0.6 is 0 Å². The molecule has 0 fully saturated rings. The number of nitrogens with zero attached hydrogens (tertiary/aromatic N) is 3. The SMILES string of the molecule is C=C(C)C(=O)n1ncnc1N. The minimum atomic E-state index is -0.333. The summed E-state index contributed by atoms with van der Waals surface area (Å²) in [4.78, 5) is 14.7. The van der Waals surface area contributed by atoms with E-state index in [1.165, 1.54) is 6.33 Å². The number of rotatable bonds is 1. The Kier molecular flexibility index (Phi) is 1.72. The number of nitrogen functional groups attached to an aromatic ring is 1. The van der Waals surface area contributed by atoms with Crippen molar-refractivity contribution in [3.8, 4) is 0 Å². The molecule has 0 aliphatic carbocycles. The van der Waals surface area contributed by atoms with Crippen LogP contribution in [0.1, 0.15) is 11.7 Å². The number of hydrogen-bond acceptors (Lipinski definition) is 4. The molecule has 5 heteroatoms. The van der Waals surface area contributed by atoms with Crippen molar-refractivity contribution in [1.82, 2.24) is 14.8 Å². The first-order valence-corrected chi connectivity index (χ1v) is 2.98. The van der Waals surface area contributed by atoms with Gasteiger partial charge in [-0.1, -0.05) is 6.58 Å². The van der Waals surface area contributed by atoms with E-state index in [-0.39, 0.29) is 11.9 Å². The molecule has 0 aliphatic heterocycles. The lowest BCUT2D eigenvalue weighted by molar-refractivity contribution is 0.0943. The highest BCUT2D eigenvalue weighted by Gasteiger charge is 2.09. The van der Waals surface area contributed by atoms with E-state index in [0.29, 0.717) is 5.57 Å². The Morgan fingerprint density at radius 2 is 2.45 bits per heavy atom. The van der Waals surface area contributed by atoms with Gasteiger partial charge in [-0.25, -0.2) is 0 Å². The monoisotopic (exact) mass is 152 g/mol. The van der Waals surface area contributed by atoms with Crippen LogP contribution in [0.5, 0.6) is 0 Å². The summed E-state index contributed by atoms with van der Waals surface area (Å²) in [6.07, 6.45) is 1.22. The molecule has 0 atom stereocenters. The van der Waals surface area contributed by atoms with Gasteiger partial charge in [-0.2, -0.15) is 14.8 Å². The highest BCUT2D eigenvalue weighted by Crippen LogP contribution is 1.99. The number of allylic oxidation sites excluding steroid dienone is 1. The number of anilines is 1. The zero-order valence-electron chi connectivity index (χ0n) is 6.11. The predicted molar refractivity (Wildman–Crippen MR) is 39.9 cm³/mol. The summed E-state index contributed by atoms with van der Waals surface area (Å²) in [5.41, 5.74) is 5.68. The quantitative estimate of drug-likeness (QED) is 0.578. The second-order valence-electron chi connectivity index (χ2n) is 2.12. The van der Waals surface area contributed by atoms with Gasteiger partial charge in [0.2, 0.25) is 5.95 Å². The van der Waals surface area contributed by atoms with Crippen LogP contribution in [0.2, 0.25) is 0 Å². The molecule has 58 valence electrons. The third kappa shape index (κ3) is 1.26. The minimum Gasteiger partial charge on any atom is -0.368 e. The van der Waals surface area contributed by atoms with Gasteiger partial charge in [0.25, 0.3) is 5.91 Å². The minimum absolute atomic E-state index is 0.0815. The van der Waals surface area contributed by atoms with Crippen LogP contribution in [0, 0.1) is 0 Å². The van der Waals surface area contributed by atoms with E-state index in [4.69, 9.17) is 5.73 Å². The molecular formula is C6H8N4O. The van der Waals surface area contributed by atoms with Crippen molar-refractivity contribution in [1.29, 1.82) is 0 Å². The summed E-state index contributed by atoms with van der Waals surface area (Å²) in [5, 5.41) is 3.61. The maximum atomic E-state index is 11.1. The normalized spacial score (nSPS) is 9.55. The van der Waals surface area contributed by atoms with Gasteiger partial charge in [-0.15, -0.1) is 0 Å². The van der Waals surface area contributed by atoms with Crippen molar-refractivity contribution in [2.45, 2.75) is 6.92 Å². The second-order valence-corrected chi connectivity index (χ2v) is 2.12. The highest BCUT2D eigenvalue weighted by atomic mass is 16.2. The van der Waals surface area contributed by atoms with Gasteiger partial charge in [-0.05, 0) is 6.92 Å². The van der Waals surface area contributed by atoms with E-state index in [0.717, 1.165) is 4.68 Å². The van der Waals surface area contributed by atoms with E-state index < -0.39 is 0 Å². The van der Waals surface area contributed by atoms with Crippen LogP contribution in [0.25, 0.3) is 0 Å². The van der Waals surface area contributed by atoms with Crippen LogP contribution in [-0.4, -0.2) is 20.7 Å². The molecule has 0 saturated heterocycles. The van der Waals surface area contributed by atoms with Crippen molar-refractivity contribution >= 4 is 11.9 Å². The van der Waals surface area contributed by atoms with Crippen molar-refractivity contribution in [3.05, 3.63) is 18.5 Å². The molecule has 0 saturated carbocycles. The zero-order chi connectivity index (χ0) is 8.43. The number of carbonyl (C=O) groups excluding carboxylic acids is 1. The van der Waals surface area contributed by atoms with Crippen molar-refractivity contribution in [3.63, 3.8) is 0 Å². The lowest BCUT2D eigenvalue weighted by Gasteiger charge is -1.97. The number of hydrogen-bond donors (Lipinski definition) is 1. The second kappa shape index (κ2) is 2.53. The summed E-state index contributed by atoms with van der Waals surface area (Å²) in [6, 6.07) is 0. The maximum absolute atomic E-state index is 11.1. The number of carbonyl (C=O) groups is 1. The Balaban J connectivity index is 3.02. The summed E-state index contributed by atoms with van der Waals surface area (Å²) in [7, 11) is 0. The number of aromatic nitrogens is 3. The summed E-state index contributed by atoms with van der Waals surface area (Å²) < 4.78 is 1.00. The maximum Gasteiger partial charge on any atom is 0.276 e. The third-order valence-corrected chi connectivity index (χ3v) is 1.13. The molecular weight excluding hydrogens is 144 g/mol. The Morgan fingerprint density at radius 3 is 2.82 bits per heavy atom. The summed E-state index contributed by atoms with van der Waals surface area (Å²) in [6.45, 7) is 5.05. The molecule has 1 heterocycles. The average Bonchev–Trinajstić information content (AvgIpc) is 2.33. The fraction of sp³-hybridized carbons (Fsp3) is 0.167. The van der Waals surface area contributed by atoms with Crippen LogP contribution in [-0.2, 0) is 0 Å². The molecule has 0 aliphatic rings. The Hall–Kier alpha value is -1.65. The van der Waals surface area contributed by atoms with Gasteiger partial charge in [0.05, 0.1) is 0 Å². The molecule has 5 nitrogen and oxygen atoms in total. The third-order valence-electron chi connectivity index (χ3n) is 1.13. The lowest BCUT2D eigenvalue weighted by atomic mass is 10.3. The molecule has 0 bridgehead atoms. The standard InChI is InChI=1S/C6H8N4O/c1-4(2)5(11)10-6(7)8-3-9-10/h3H,1H2,2H3,(H2,7,8,9). The van der Waals surface area contributed by atoms with E-state index in [9.17, 15) is 4.79 Å². The fourth-order valence-corrected chi connectivity index (χ4v) is 0.588. The molecule has 1 aromatic heterocycles. The number of nitrogens with two attached hydrogens (primary N) is 1. The molecule has 1 aromatic rings. The smallest absolute Gasteiger partial charge is 0.276 e. The van der Waals surface area contributed by atoms with Crippen molar-refractivity contribution in [2.24, 2.45) is 0 Å². The van der Waals surface area contributed by atoms with E-state index >= 15 is 0 Å². The molecule has 0 amide bonds. The van der Waals surface area contributed by atoms with Gasteiger partial charge in [0.1, 0.15) is 6.33 Å². The molecule has 0 spiro atoms. The largest absolute Gasteiger partial charge is 0.368 e. The Morgan fingerprint density at radius 1 is 1.82 bits per heavy atom. The van der Waals surface area contributed by atoms with Gasteiger partial charge in [0.15, 0.2) is 0 Å². The van der Waals surface area contributed by atoms with Crippen LogP contribution < -0.4 is 5.73 Å². The molecule has 0 aromatic carbocycles. The van der Waals surface area contributed by atoms with Crippen LogP contribution in [0.4, 0.5) is 5.95 Å². The van der Waals surface area contributed by atoms with E-state index in [1.54, 1.807) is 6.92 Å². The predicted octanol–water partition coefficient (Wildman–Crippen LogP) is 0.0766. The van der Waals surface area contributed by atoms with Gasteiger partial charge in [-0.3, -0.25) is 4.79 Å². The van der Waals surface area contributed by atoms with Gasteiger partial charge < -0.3 is 5.73 Å². The lowest BCUT2D eigenvalue weighted by Crippen LogP contribution is -2.15. The first-order valence-electron chi connectivity index (χ1n) is 2.98. The highest BCUT2D eigenvalue weighted by molar-refractivity contribution is 5.94. The zero-order valence-corrected chi connectivity index (χ0v) is 6.11. The van der Waals surface area contributed by atoms with E-state index in [2.05, 4.69) is 16.7 Å². The van der Waals surface area contributed by atoms with Gasteiger partial charge >= 0.3 is 0 Å². The summed E-state index contributed by atoms with van der Waals surface area (Å²) >= 11 is 0. The molecule has 2 N–H and O–H groups in total. The van der Waals surface area contributed by atoms with Crippen LogP contribution in [0.15, 0.2) is 18.5 Å². The summed E-state index contributed by atoms with van der Waals surface area (Å²) in [5.74, 6) is -0.252. The molecule has 1 rings (SSSR count). The fourth-order valence-electron chi connectivity index (χ4n) is 0.588. The van der Waals surface area contributed by atoms with Crippen molar-refractivity contribution in [2.75, 3.05) is 5.73 Å². The molecule has 0 unspecified atom stereocenters. The first-order chi connectivity index (χ1) is 5.13. The van der Waals surface area contributed by atoms with E-state index in [1.807, 2.05) is 0 Å². The average molecular weight is 152 g/mol. The molecule has 11 heavy (non-hydrogen) atoms. The van der Waals surface area contributed by atoms with Crippen LogP contribution in [0.3, 0.4) is 0 Å².